The molecule has 0 atom stereocenters. The van der Waals surface area contributed by atoms with Gasteiger partial charge in [-0.05, 0) is 30.8 Å². The maximum Gasteiger partial charge on any atom is 0.315 e. The zero-order valence-electron chi connectivity index (χ0n) is 17.7. The fraction of sp³-hybridized carbons (Fsp3) is 0.409. The number of nitrogens with zero attached hydrogens (tertiary/aromatic N) is 3. The molecule has 3 rings (SSSR count). The number of carbonyl (C=O) groups excluding carboxylic acids is 2. The molecule has 1 aliphatic heterocycles. The van der Waals surface area contributed by atoms with Gasteiger partial charge in [-0.15, -0.1) is 0 Å². The van der Waals surface area contributed by atoms with Crippen molar-refractivity contribution in [3.63, 3.8) is 0 Å². The molecule has 0 unspecified atom stereocenters. The topological polar surface area (TPSA) is 89.6 Å². The molecule has 166 valence electrons. The van der Waals surface area contributed by atoms with E-state index in [1.165, 1.54) is 12.1 Å². The predicted octanol–water partition coefficient (Wildman–Crippen LogP) is 1.13. The summed E-state index contributed by atoms with van der Waals surface area (Å²) >= 11 is 0. The second kappa shape index (κ2) is 11.3. The summed E-state index contributed by atoms with van der Waals surface area (Å²) in [4.78, 5) is 33.0. The number of urea groups is 1. The molecular weight excluding hydrogens is 399 g/mol. The molecular formula is C22H29FN6O2. The van der Waals surface area contributed by atoms with Crippen molar-refractivity contribution in [2.24, 2.45) is 0 Å². The minimum absolute atomic E-state index is 0.0973. The highest BCUT2D eigenvalue weighted by molar-refractivity contribution is 5.78. The van der Waals surface area contributed by atoms with E-state index in [0.29, 0.717) is 25.2 Å². The molecule has 1 aromatic heterocycles. The van der Waals surface area contributed by atoms with E-state index in [-0.39, 0.29) is 24.2 Å². The summed E-state index contributed by atoms with van der Waals surface area (Å²) in [6.07, 6.45) is 1.86. The van der Waals surface area contributed by atoms with Crippen molar-refractivity contribution in [2.75, 3.05) is 51.2 Å². The second-order valence-electron chi connectivity index (χ2n) is 7.54. The van der Waals surface area contributed by atoms with Gasteiger partial charge in [-0.1, -0.05) is 18.2 Å². The number of piperazine rings is 1. The van der Waals surface area contributed by atoms with Crippen molar-refractivity contribution in [3.8, 4) is 0 Å². The Kier molecular flexibility index (Phi) is 8.17. The summed E-state index contributed by atoms with van der Waals surface area (Å²) in [6, 6.07) is 9.46. The van der Waals surface area contributed by atoms with Gasteiger partial charge in [0.25, 0.3) is 0 Å². The molecule has 31 heavy (non-hydrogen) atoms. The number of hydrogen-bond donors (Lipinski definition) is 3. The van der Waals surface area contributed by atoms with E-state index >= 15 is 0 Å². The molecule has 1 saturated heterocycles. The molecule has 0 saturated carbocycles. The fourth-order valence-corrected chi connectivity index (χ4v) is 3.38. The molecule has 3 N–H and O–H groups in total. The van der Waals surface area contributed by atoms with E-state index in [1.54, 1.807) is 18.3 Å². The van der Waals surface area contributed by atoms with Crippen LogP contribution in [0.2, 0.25) is 0 Å². The third-order valence-corrected chi connectivity index (χ3v) is 5.10. The summed E-state index contributed by atoms with van der Waals surface area (Å²) in [6.45, 7) is 4.72. The van der Waals surface area contributed by atoms with Crippen molar-refractivity contribution in [1.82, 2.24) is 25.8 Å². The van der Waals surface area contributed by atoms with E-state index in [0.717, 1.165) is 37.6 Å². The van der Waals surface area contributed by atoms with Crippen LogP contribution in [-0.4, -0.2) is 68.1 Å². The molecule has 0 radical (unpaired) electrons. The lowest BCUT2D eigenvalue weighted by Gasteiger charge is -2.34. The highest BCUT2D eigenvalue weighted by Crippen LogP contribution is 2.18. The lowest BCUT2D eigenvalue weighted by atomic mass is 10.1. The fourth-order valence-electron chi connectivity index (χ4n) is 3.38. The number of halogens is 1. The molecule has 0 spiro atoms. The molecule has 8 nitrogen and oxygen atoms in total. The van der Waals surface area contributed by atoms with Crippen LogP contribution in [0.25, 0.3) is 0 Å². The van der Waals surface area contributed by atoms with Gasteiger partial charge in [0.2, 0.25) is 5.91 Å². The van der Waals surface area contributed by atoms with Crippen LogP contribution < -0.4 is 20.9 Å². The minimum Gasteiger partial charge on any atom is -0.354 e. The first-order valence-electron chi connectivity index (χ1n) is 10.4. The Bertz CT molecular complexity index is 886. The Balaban J connectivity index is 1.36. The third-order valence-electron chi connectivity index (χ3n) is 5.10. The number of amides is 3. The van der Waals surface area contributed by atoms with Gasteiger partial charge in [-0.3, -0.25) is 4.79 Å². The smallest absolute Gasteiger partial charge is 0.315 e. The Morgan fingerprint density at radius 3 is 2.58 bits per heavy atom. The Morgan fingerprint density at radius 1 is 1.03 bits per heavy atom. The molecule has 1 fully saturated rings. The minimum atomic E-state index is -0.368. The number of aromatic nitrogens is 1. The second-order valence-corrected chi connectivity index (χ2v) is 7.54. The summed E-state index contributed by atoms with van der Waals surface area (Å²) in [5.41, 5.74) is 1.57. The number of anilines is 1. The Labute approximate surface area is 181 Å². The van der Waals surface area contributed by atoms with Crippen LogP contribution in [-0.2, 0) is 17.8 Å². The Morgan fingerprint density at radius 2 is 1.81 bits per heavy atom. The van der Waals surface area contributed by atoms with Crippen molar-refractivity contribution in [2.45, 2.75) is 13.0 Å². The molecule has 1 aliphatic rings. The number of nitrogens with one attached hydrogen (secondary N) is 3. The van der Waals surface area contributed by atoms with Crippen molar-refractivity contribution in [3.05, 3.63) is 59.5 Å². The number of pyridine rings is 1. The number of carbonyl (C=O) groups is 2. The highest BCUT2D eigenvalue weighted by atomic mass is 19.1. The van der Waals surface area contributed by atoms with Gasteiger partial charge in [0.05, 0.1) is 6.42 Å². The number of likely N-dealkylation sites (N-methyl/N-ethyl adjacent to an activating group) is 1. The van der Waals surface area contributed by atoms with Crippen molar-refractivity contribution < 1.29 is 14.0 Å². The van der Waals surface area contributed by atoms with Crippen molar-refractivity contribution >= 4 is 17.8 Å². The third kappa shape index (κ3) is 7.21. The van der Waals surface area contributed by atoms with E-state index in [9.17, 15) is 14.0 Å². The van der Waals surface area contributed by atoms with Crippen LogP contribution in [0.1, 0.15) is 11.1 Å². The van der Waals surface area contributed by atoms with Gasteiger partial charge in [-0.2, -0.15) is 0 Å². The molecule has 1 aromatic carbocycles. The highest BCUT2D eigenvalue weighted by Gasteiger charge is 2.18. The predicted molar refractivity (Wildman–Crippen MR) is 117 cm³/mol. The van der Waals surface area contributed by atoms with Crippen LogP contribution in [0.3, 0.4) is 0 Å². The lowest BCUT2D eigenvalue weighted by molar-refractivity contribution is -0.120. The van der Waals surface area contributed by atoms with Crippen LogP contribution in [0.4, 0.5) is 15.0 Å². The first-order chi connectivity index (χ1) is 15.0. The molecule has 3 amide bonds. The lowest BCUT2D eigenvalue weighted by Crippen LogP contribution is -2.45. The summed E-state index contributed by atoms with van der Waals surface area (Å²) in [5.74, 6) is 0.313. The number of rotatable bonds is 8. The monoisotopic (exact) mass is 428 g/mol. The number of benzene rings is 1. The standard InChI is InChI=1S/C22H29FN6O2/c1-28-10-12-29(13-11-28)21-18(5-3-7-25-21)16-27-22(31)26-9-8-24-20(30)15-17-4-2-6-19(23)14-17/h2-7,14H,8-13,15-16H2,1H3,(H,24,30)(H2,26,27,31). The summed E-state index contributed by atoms with van der Waals surface area (Å²) in [5, 5.41) is 8.27. The SMILES string of the molecule is CN1CCN(c2ncccc2CNC(=O)NCCNC(=O)Cc2cccc(F)c2)CC1. The van der Waals surface area contributed by atoms with Gasteiger partial charge in [0.15, 0.2) is 0 Å². The van der Waals surface area contributed by atoms with Gasteiger partial charge in [0.1, 0.15) is 11.6 Å². The number of hydrogen-bond acceptors (Lipinski definition) is 5. The Hall–Kier alpha value is -3.20. The van der Waals surface area contributed by atoms with Gasteiger partial charge >= 0.3 is 6.03 Å². The van der Waals surface area contributed by atoms with E-state index in [1.807, 2.05) is 12.1 Å². The maximum atomic E-state index is 13.2. The first kappa shape index (κ1) is 22.5. The van der Waals surface area contributed by atoms with Crippen LogP contribution >= 0.6 is 0 Å². The molecule has 0 aliphatic carbocycles. The van der Waals surface area contributed by atoms with Crippen molar-refractivity contribution in [1.29, 1.82) is 0 Å². The summed E-state index contributed by atoms with van der Waals surface area (Å²) < 4.78 is 13.2. The van der Waals surface area contributed by atoms with Crippen LogP contribution in [0.15, 0.2) is 42.6 Å². The first-order valence-corrected chi connectivity index (χ1v) is 10.4. The van der Waals surface area contributed by atoms with Crippen LogP contribution in [0.5, 0.6) is 0 Å². The average molecular weight is 429 g/mol. The molecule has 9 heteroatoms. The average Bonchev–Trinajstić information content (AvgIpc) is 2.76. The quantitative estimate of drug-likeness (QED) is 0.549. The van der Waals surface area contributed by atoms with E-state index in [4.69, 9.17) is 0 Å². The largest absolute Gasteiger partial charge is 0.354 e. The van der Waals surface area contributed by atoms with Gasteiger partial charge < -0.3 is 25.8 Å². The van der Waals surface area contributed by atoms with Crippen LogP contribution in [0, 0.1) is 5.82 Å². The normalized spacial score (nSPS) is 14.2. The molecule has 2 aromatic rings. The molecule has 2 heterocycles. The molecule has 0 bridgehead atoms. The zero-order chi connectivity index (χ0) is 22.1. The maximum absolute atomic E-state index is 13.2. The summed E-state index contributed by atoms with van der Waals surface area (Å²) in [7, 11) is 2.10. The van der Waals surface area contributed by atoms with Gasteiger partial charge in [0, 0.05) is 57.6 Å². The van der Waals surface area contributed by atoms with Gasteiger partial charge in [-0.25, -0.2) is 14.2 Å². The van der Waals surface area contributed by atoms with E-state index in [2.05, 4.69) is 37.8 Å². The zero-order valence-corrected chi connectivity index (χ0v) is 17.7. The van der Waals surface area contributed by atoms with E-state index < -0.39 is 0 Å².